The average Bonchev–Trinajstić information content (AvgIpc) is 3.28. The van der Waals surface area contributed by atoms with Crippen LogP contribution < -0.4 is 10.6 Å². The van der Waals surface area contributed by atoms with Crippen molar-refractivity contribution >= 4 is 39.7 Å². The van der Waals surface area contributed by atoms with Gasteiger partial charge in [0.25, 0.3) is 11.8 Å². The summed E-state index contributed by atoms with van der Waals surface area (Å²) in [5, 5.41) is 8.37. The van der Waals surface area contributed by atoms with E-state index in [0.717, 1.165) is 27.0 Å². The van der Waals surface area contributed by atoms with Gasteiger partial charge in [-0.2, -0.15) is 0 Å². The molecule has 2 aromatic heterocycles. The first kappa shape index (κ1) is 18.8. The Morgan fingerprint density at radius 3 is 2.52 bits per heavy atom. The fourth-order valence-corrected chi connectivity index (χ4v) is 3.88. The standard InChI is InChI=1S/C23H19N3O2S/c1-14-12-15(22(27)24-2)9-10-18(14)26-23(28)17-13-20(21-8-5-11-29-21)25-19-7-4-3-6-16(17)19/h3-13H,1-2H3,(H,24,27)(H,26,28). The van der Waals surface area contributed by atoms with Crippen molar-refractivity contribution in [1.82, 2.24) is 10.3 Å². The summed E-state index contributed by atoms with van der Waals surface area (Å²) >= 11 is 1.59. The first-order valence-electron chi connectivity index (χ1n) is 9.14. The van der Waals surface area contributed by atoms with Crippen LogP contribution in [0.1, 0.15) is 26.3 Å². The highest BCUT2D eigenvalue weighted by molar-refractivity contribution is 7.13. The maximum absolute atomic E-state index is 13.2. The van der Waals surface area contributed by atoms with Crippen molar-refractivity contribution < 1.29 is 9.59 Å². The van der Waals surface area contributed by atoms with Gasteiger partial charge in [-0.3, -0.25) is 9.59 Å². The lowest BCUT2D eigenvalue weighted by Crippen LogP contribution is -2.18. The van der Waals surface area contributed by atoms with Crippen LogP contribution in [-0.2, 0) is 0 Å². The fraction of sp³-hybridized carbons (Fsp3) is 0.0870. The molecule has 4 aromatic rings. The van der Waals surface area contributed by atoms with Crippen LogP contribution in [0.25, 0.3) is 21.5 Å². The first-order valence-corrected chi connectivity index (χ1v) is 10.0. The molecule has 2 amide bonds. The van der Waals surface area contributed by atoms with Gasteiger partial charge in [-0.1, -0.05) is 24.3 Å². The molecule has 2 N–H and O–H groups in total. The zero-order chi connectivity index (χ0) is 20.4. The van der Waals surface area contributed by atoms with Crippen LogP contribution >= 0.6 is 11.3 Å². The van der Waals surface area contributed by atoms with Crippen LogP contribution in [0.2, 0.25) is 0 Å². The zero-order valence-corrected chi connectivity index (χ0v) is 16.8. The van der Waals surface area contributed by atoms with E-state index < -0.39 is 0 Å². The van der Waals surface area contributed by atoms with Crippen LogP contribution in [0, 0.1) is 6.92 Å². The second kappa shape index (κ2) is 7.85. The molecule has 0 bridgehead atoms. The molecule has 0 atom stereocenters. The lowest BCUT2D eigenvalue weighted by molar-refractivity contribution is 0.0962. The Balaban J connectivity index is 1.73. The topological polar surface area (TPSA) is 71.1 Å². The molecule has 0 unspecified atom stereocenters. The van der Waals surface area contributed by atoms with Crippen molar-refractivity contribution in [2.24, 2.45) is 0 Å². The zero-order valence-electron chi connectivity index (χ0n) is 16.0. The summed E-state index contributed by atoms with van der Waals surface area (Å²) in [6.07, 6.45) is 0. The number of anilines is 1. The summed E-state index contributed by atoms with van der Waals surface area (Å²) in [5.74, 6) is -0.371. The predicted octanol–water partition coefficient (Wildman–Crippen LogP) is 4.88. The molecule has 6 heteroatoms. The second-order valence-electron chi connectivity index (χ2n) is 6.61. The lowest BCUT2D eigenvalue weighted by atomic mass is 10.1. The van der Waals surface area contributed by atoms with Crippen molar-refractivity contribution in [2.45, 2.75) is 6.92 Å². The number of nitrogens with one attached hydrogen (secondary N) is 2. The number of hydrogen-bond acceptors (Lipinski definition) is 4. The Bertz CT molecular complexity index is 1220. The molecule has 4 rings (SSSR count). The monoisotopic (exact) mass is 401 g/mol. The van der Waals surface area contributed by atoms with Crippen LogP contribution in [0.4, 0.5) is 5.69 Å². The van der Waals surface area contributed by atoms with Gasteiger partial charge in [0.2, 0.25) is 0 Å². The van der Waals surface area contributed by atoms with E-state index in [1.807, 2.05) is 54.8 Å². The molecule has 2 heterocycles. The van der Waals surface area contributed by atoms with E-state index >= 15 is 0 Å². The van der Waals surface area contributed by atoms with Crippen molar-refractivity contribution in [1.29, 1.82) is 0 Å². The minimum Gasteiger partial charge on any atom is -0.355 e. The Kier molecular flexibility index (Phi) is 5.10. The van der Waals surface area contributed by atoms with Crippen LogP contribution in [0.3, 0.4) is 0 Å². The fourth-order valence-electron chi connectivity index (χ4n) is 3.19. The second-order valence-corrected chi connectivity index (χ2v) is 7.56. The van der Waals surface area contributed by atoms with Gasteiger partial charge in [0.1, 0.15) is 0 Å². The minimum atomic E-state index is -0.211. The molecule has 0 aliphatic carbocycles. The number of carbonyl (C=O) groups excluding carboxylic acids is 2. The molecule has 0 fully saturated rings. The predicted molar refractivity (Wildman–Crippen MR) is 118 cm³/mol. The number of para-hydroxylation sites is 1. The highest BCUT2D eigenvalue weighted by Crippen LogP contribution is 2.28. The summed E-state index contributed by atoms with van der Waals surface area (Å²) in [6, 6.07) is 18.6. The molecule has 0 aliphatic heterocycles. The van der Waals surface area contributed by atoms with Crippen LogP contribution in [-0.4, -0.2) is 23.8 Å². The lowest BCUT2D eigenvalue weighted by Gasteiger charge is -2.12. The SMILES string of the molecule is CNC(=O)c1ccc(NC(=O)c2cc(-c3cccs3)nc3ccccc23)c(C)c1. The summed E-state index contributed by atoms with van der Waals surface area (Å²) in [4.78, 5) is 30.7. The van der Waals surface area contributed by atoms with Crippen molar-refractivity contribution in [3.05, 3.63) is 82.7 Å². The van der Waals surface area contributed by atoms with Gasteiger partial charge in [0.15, 0.2) is 0 Å². The maximum atomic E-state index is 13.2. The molecule has 144 valence electrons. The van der Waals surface area contributed by atoms with Crippen molar-refractivity contribution in [2.75, 3.05) is 12.4 Å². The summed E-state index contributed by atoms with van der Waals surface area (Å²) in [6.45, 7) is 1.86. The van der Waals surface area contributed by atoms with Crippen molar-refractivity contribution in [3.8, 4) is 10.6 Å². The smallest absolute Gasteiger partial charge is 0.256 e. The number of fused-ring (bicyclic) bond motifs is 1. The molecule has 2 aromatic carbocycles. The van der Waals surface area contributed by atoms with Gasteiger partial charge in [-0.15, -0.1) is 11.3 Å². The summed E-state index contributed by atoms with van der Waals surface area (Å²) < 4.78 is 0. The molecular formula is C23H19N3O2S. The van der Waals surface area contributed by atoms with E-state index in [2.05, 4.69) is 10.6 Å². The first-order chi connectivity index (χ1) is 14.1. The molecule has 0 radical (unpaired) electrons. The quantitative estimate of drug-likeness (QED) is 0.512. The van der Waals surface area contributed by atoms with E-state index in [9.17, 15) is 9.59 Å². The molecule has 0 saturated heterocycles. The number of aryl methyl sites for hydroxylation is 1. The number of benzene rings is 2. The van der Waals surface area contributed by atoms with Gasteiger partial charge in [-0.05, 0) is 54.3 Å². The number of thiophene rings is 1. The highest BCUT2D eigenvalue weighted by atomic mass is 32.1. The summed E-state index contributed by atoms with van der Waals surface area (Å²) in [7, 11) is 1.59. The molecule has 5 nitrogen and oxygen atoms in total. The third kappa shape index (κ3) is 3.75. The number of amides is 2. The largest absolute Gasteiger partial charge is 0.355 e. The van der Waals surface area contributed by atoms with Gasteiger partial charge in [0.05, 0.1) is 21.7 Å². The maximum Gasteiger partial charge on any atom is 0.256 e. The van der Waals surface area contributed by atoms with E-state index in [-0.39, 0.29) is 11.8 Å². The molecular weight excluding hydrogens is 382 g/mol. The molecule has 0 aliphatic rings. The van der Waals surface area contributed by atoms with E-state index in [4.69, 9.17) is 4.98 Å². The van der Waals surface area contributed by atoms with E-state index in [0.29, 0.717) is 16.8 Å². The Labute approximate surface area is 172 Å². The number of nitrogens with zero attached hydrogens (tertiary/aromatic N) is 1. The number of aromatic nitrogens is 1. The minimum absolute atomic E-state index is 0.160. The molecule has 0 saturated carbocycles. The average molecular weight is 401 g/mol. The number of carbonyl (C=O) groups is 2. The Hall–Kier alpha value is -3.51. The highest BCUT2D eigenvalue weighted by Gasteiger charge is 2.16. The molecule has 29 heavy (non-hydrogen) atoms. The molecule has 0 spiro atoms. The third-order valence-corrected chi connectivity index (χ3v) is 5.59. The van der Waals surface area contributed by atoms with Crippen LogP contribution in [0.5, 0.6) is 0 Å². The summed E-state index contributed by atoms with van der Waals surface area (Å²) in [5.41, 5.74) is 4.15. The van der Waals surface area contributed by atoms with Crippen molar-refractivity contribution in [3.63, 3.8) is 0 Å². The van der Waals surface area contributed by atoms with E-state index in [1.165, 1.54) is 0 Å². The Morgan fingerprint density at radius 2 is 1.79 bits per heavy atom. The number of hydrogen-bond donors (Lipinski definition) is 2. The number of rotatable bonds is 4. The van der Waals surface area contributed by atoms with Gasteiger partial charge < -0.3 is 10.6 Å². The van der Waals surface area contributed by atoms with Gasteiger partial charge in [-0.25, -0.2) is 4.98 Å². The van der Waals surface area contributed by atoms with Gasteiger partial charge in [0, 0.05) is 23.7 Å². The van der Waals surface area contributed by atoms with E-state index in [1.54, 1.807) is 36.6 Å². The van der Waals surface area contributed by atoms with Crippen LogP contribution in [0.15, 0.2) is 66.0 Å². The third-order valence-electron chi connectivity index (χ3n) is 4.70. The van der Waals surface area contributed by atoms with Gasteiger partial charge >= 0.3 is 0 Å². The number of pyridine rings is 1. The Morgan fingerprint density at radius 1 is 0.966 bits per heavy atom. The normalized spacial score (nSPS) is 10.7.